The summed E-state index contributed by atoms with van der Waals surface area (Å²) in [6.45, 7) is 1.23. The summed E-state index contributed by atoms with van der Waals surface area (Å²) in [6.07, 6.45) is 1.47. The number of carbonyl (C=O) groups is 2. The van der Waals surface area contributed by atoms with Gasteiger partial charge in [0.2, 0.25) is 5.91 Å². The summed E-state index contributed by atoms with van der Waals surface area (Å²) in [4.78, 5) is 29.9. The maximum atomic E-state index is 12.9. The van der Waals surface area contributed by atoms with Gasteiger partial charge in [0.15, 0.2) is 0 Å². The number of likely N-dealkylation sites (tertiary alicyclic amines) is 1. The first-order valence-electron chi connectivity index (χ1n) is 9.02. The standard InChI is InChI=1S/C21H20BrN3O2/c22-16-9-8-15-11-18(23-17(15)12-16)21(27)24-19(14-5-2-1-3-6-14)13-25-10-4-7-20(25)26/h1-3,5-6,8-9,11-12,19,23H,4,7,10,13H2,(H,24,27). The minimum atomic E-state index is -0.251. The monoisotopic (exact) mass is 425 g/mol. The third-order valence-electron chi connectivity index (χ3n) is 4.91. The summed E-state index contributed by atoms with van der Waals surface area (Å²) >= 11 is 3.45. The van der Waals surface area contributed by atoms with Gasteiger partial charge in [-0.1, -0.05) is 52.3 Å². The molecule has 1 aliphatic rings. The zero-order valence-corrected chi connectivity index (χ0v) is 16.3. The van der Waals surface area contributed by atoms with Crippen LogP contribution in [0.15, 0.2) is 59.1 Å². The number of hydrogen-bond acceptors (Lipinski definition) is 2. The molecule has 27 heavy (non-hydrogen) atoms. The fourth-order valence-electron chi connectivity index (χ4n) is 3.49. The topological polar surface area (TPSA) is 65.2 Å². The first-order chi connectivity index (χ1) is 13.1. The lowest BCUT2D eigenvalue weighted by Crippen LogP contribution is -2.38. The number of nitrogens with one attached hydrogen (secondary N) is 2. The molecule has 138 valence electrons. The molecule has 3 aromatic rings. The average Bonchev–Trinajstić information content (AvgIpc) is 3.27. The van der Waals surface area contributed by atoms with E-state index in [9.17, 15) is 9.59 Å². The molecular weight excluding hydrogens is 406 g/mol. The SMILES string of the molecule is O=C(NC(CN1CCCC1=O)c1ccccc1)c1cc2ccc(Br)cc2[nH]1. The zero-order chi connectivity index (χ0) is 18.8. The molecule has 1 aliphatic heterocycles. The molecule has 1 aromatic heterocycles. The highest BCUT2D eigenvalue weighted by Gasteiger charge is 2.25. The van der Waals surface area contributed by atoms with Gasteiger partial charge >= 0.3 is 0 Å². The Kier molecular flexibility index (Phi) is 4.99. The number of aromatic nitrogens is 1. The van der Waals surface area contributed by atoms with Crippen LogP contribution in [0, 0.1) is 0 Å². The molecule has 2 amide bonds. The van der Waals surface area contributed by atoms with Crippen LogP contribution in [0.4, 0.5) is 0 Å². The molecule has 0 aliphatic carbocycles. The highest BCUT2D eigenvalue weighted by atomic mass is 79.9. The summed E-state index contributed by atoms with van der Waals surface area (Å²) in [7, 11) is 0. The lowest BCUT2D eigenvalue weighted by molar-refractivity contribution is -0.128. The second-order valence-corrected chi connectivity index (χ2v) is 7.71. The van der Waals surface area contributed by atoms with Crippen LogP contribution in [0.3, 0.4) is 0 Å². The van der Waals surface area contributed by atoms with Crippen molar-refractivity contribution in [3.63, 3.8) is 0 Å². The van der Waals surface area contributed by atoms with E-state index in [0.717, 1.165) is 33.9 Å². The van der Waals surface area contributed by atoms with Gasteiger partial charge in [-0.05, 0) is 30.2 Å². The maximum absolute atomic E-state index is 12.9. The highest BCUT2D eigenvalue weighted by molar-refractivity contribution is 9.10. The van der Waals surface area contributed by atoms with E-state index < -0.39 is 0 Å². The first kappa shape index (κ1) is 17.8. The molecule has 0 bridgehead atoms. The highest BCUT2D eigenvalue weighted by Crippen LogP contribution is 2.22. The molecular formula is C21H20BrN3O2. The van der Waals surface area contributed by atoms with E-state index >= 15 is 0 Å². The van der Waals surface area contributed by atoms with Crippen LogP contribution < -0.4 is 5.32 Å². The van der Waals surface area contributed by atoms with Crippen molar-refractivity contribution in [3.8, 4) is 0 Å². The van der Waals surface area contributed by atoms with Crippen molar-refractivity contribution in [2.24, 2.45) is 0 Å². The molecule has 1 saturated heterocycles. The summed E-state index contributed by atoms with van der Waals surface area (Å²) in [5, 5.41) is 4.08. The molecule has 0 spiro atoms. The molecule has 2 N–H and O–H groups in total. The Morgan fingerprint density at radius 1 is 1.19 bits per heavy atom. The zero-order valence-electron chi connectivity index (χ0n) is 14.7. The fourth-order valence-corrected chi connectivity index (χ4v) is 3.86. The summed E-state index contributed by atoms with van der Waals surface area (Å²) < 4.78 is 0.957. The van der Waals surface area contributed by atoms with Crippen LogP contribution in [0.2, 0.25) is 0 Å². The number of carbonyl (C=O) groups excluding carboxylic acids is 2. The van der Waals surface area contributed by atoms with Crippen LogP contribution in [0.1, 0.15) is 34.9 Å². The number of benzene rings is 2. The predicted octanol–water partition coefficient (Wildman–Crippen LogP) is 4.02. The van der Waals surface area contributed by atoms with Crippen molar-refractivity contribution >= 4 is 38.6 Å². The molecule has 0 radical (unpaired) electrons. The van der Waals surface area contributed by atoms with Crippen LogP contribution in [0.25, 0.3) is 10.9 Å². The Morgan fingerprint density at radius 2 is 2.00 bits per heavy atom. The van der Waals surface area contributed by atoms with E-state index in [1.807, 2.05) is 59.5 Å². The number of hydrogen-bond donors (Lipinski definition) is 2. The van der Waals surface area contributed by atoms with E-state index in [2.05, 4.69) is 26.2 Å². The molecule has 2 heterocycles. The Bertz CT molecular complexity index is 984. The third-order valence-corrected chi connectivity index (χ3v) is 5.40. The Hall–Kier alpha value is -2.60. The number of halogens is 1. The minimum absolute atomic E-state index is 0.153. The number of rotatable bonds is 5. The van der Waals surface area contributed by atoms with Gasteiger partial charge in [0.25, 0.3) is 5.91 Å². The summed E-state index contributed by atoms with van der Waals surface area (Å²) in [5.74, 6) is -0.0246. The van der Waals surface area contributed by atoms with Crippen molar-refractivity contribution in [1.29, 1.82) is 0 Å². The van der Waals surface area contributed by atoms with Crippen molar-refractivity contribution < 1.29 is 9.59 Å². The maximum Gasteiger partial charge on any atom is 0.268 e. The Balaban J connectivity index is 1.57. The molecule has 0 saturated carbocycles. The van der Waals surface area contributed by atoms with Crippen LogP contribution in [-0.2, 0) is 4.79 Å². The van der Waals surface area contributed by atoms with Gasteiger partial charge in [-0.3, -0.25) is 9.59 Å². The van der Waals surface area contributed by atoms with Crippen molar-refractivity contribution in [1.82, 2.24) is 15.2 Å². The first-order valence-corrected chi connectivity index (χ1v) is 9.81. The van der Waals surface area contributed by atoms with Crippen LogP contribution in [0.5, 0.6) is 0 Å². The number of nitrogens with zero attached hydrogens (tertiary/aromatic N) is 1. The van der Waals surface area contributed by atoms with Crippen molar-refractivity contribution in [3.05, 3.63) is 70.3 Å². The number of H-pyrrole nitrogens is 1. The van der Waals surface area contributed by atoms with Gasteiger partial charge in [-0.15, -0.1) is 0 Å². The quantitative estimate of drug-likeness (QED) is 0.647. The van der Waals surface area contributed by atoms with Gasteiger partial charge in [0, 0.05) is 34.9 Å². The van der Waals surface area contributed by atoms with E-state index in [0.29, 0.717) is 18.7 Å². The molecule has 4 rings (SSSR count). The van der Waals surface area contributed by atoms with E-state index in [1.165, 1.54) is 0 Å². The number of aromatic amines is 1. The second kappa shape index (κ2) is 7.56. The smallest absolute Gasteiger partial charge is 0.268 e. The summed E-state index contributed by atoms with van der Waals surface area (Å²) in [6, 6.07) is 17.2. The van der Waals surface area contributed by atoms with Crippen molar-refractivity contribution in [2.45, 2.75) is 18.9 Å². The lowest BCUT2D eigenvalue weighted by Gasteiger charge is -2.25. The number of amides is 2. The Labute approximate surface area is 165 Å². The van der Waals surface area contributed by atoms with Gasteiger partial charge in [-0.25, -0.2) is 0 Å². The van der Waals surface area contributed by atoms with E-state index in [4.69, 9.17) is 0 Å². The second-order valence-electron chi connectivity index (χ2n) is 6.79. The molecule has 1 atom stereocenters. The fraction of sp³-hybridized carbons (Fsp3) is 0.238. The Morgan fingerprint density at radius 3 is 2.74 bits per heavy atom. The van der Waals surface area contributed by atoms with Gasteiger partial charge in [0.05, 0.1) is 6.04 Å². The normalized spacial score (nSPS) is 15.3. The van der Waals surface area contributed by atoms with Gasteiger partial charge in [0.1, 0.15) is 5.69 Å². The van der Waals surface area contributed by atoms with Crippen LogP contribution >= 0.6 is 15.9 Å². The molecule has 2 aromatic carbocycles. The predicted molar refractivity (Wildman–Crippen MR) is 108 cm³/mol. The van der Waals surface area contributed by atoms with E-state index in [-0.39, 0.29) is 17.9 Å². The molecule has 6 heteroatoms. The van der Waals surface area contributed by atoms with Gasteiger partial charge < -0.3 is 15.2 Å². The van der Waals surface area contributed by atoms with Crippen molar-refractivity contribution in [2.75, 3.05) is 13.1 Å². The molecule has 1 fully saturated rings. The summed E-state index contributed by atoms with van der Waals surface area (Å²) in [5.41, 5.74) is 2.40. The molecule has 1 unspecified atom stereocenters. The van der Waals surface area contributed by atoms with Gasteiger partial charge in [-0.2, -0.15) is 0 Å². The largest absolute Gasteiger partial charge is 0.350 e. The minimum Gasteiger partial charge on any atom is -0.350 e. The molecule has 5 nitrogen and oxygen atoms in total. The number of fused-ring (bicyclic) bond motifs is 1. The third kappa shape index (κ3) is 3.90. The lowest BCUT2D eigenvalue weighted by atomic mass is 10.1. The average molecular weight is 426 g/mol. The van der Waals surface area contributed by atoms with E-state index in [1.54, 1.807) is 0 Å². The van der Waals surface area contributed by atoms with Crippen LogP contribution in [-0.4, -0.2) is 34.8 Å².